The molecule has 2 aromatic carbocycles. The molecule has 11 heteroatoms. The predicted octanol–water partition coefficient (Wildman–Crippen LogP) is 5.31. The monoisotopic (exact) mass is 516 g/mol. The summed E-state index contributed by atoms with van der Waals surface area (Å²) in [5.41, 5.74) is 1.35. The van der Waals surface area contributed by atoms with Crippen LogP contribution < -0.4 is 15.6 Å². The molecule has 1 saturated carbocycles. The first-order chi connectivity index (χ1) is 17.3. The number of fused-ring (bicyclic) bond motifs is 3. The molecule has 0 saturated heterocycles. The maximum Gasteiger partial charge on any atom is 0.573 e. The molecule has 0 radical (unpaired) electrons. The number of aromatic amines is 1. The van der Waals surface area contributed by atoms with Crippen molar-refractivity contribution in [2.24, 2.45) is 0 Å². The molecule has 2 aromatic heterocycles. The average molecular weight is 517 g/mol. The molecule has 188 valence electrons. The number of halogens is 3. The van der Waals surface area contributed by atoms with Gasteiger partial charge in [-0.1, -0.05) is 49.2 Å². The van der Waals surface area contributed by atoms with Crippen molar-refractivity contribution < 1.29 is 22.7 Å². The van der Waals surface area contributed by atoms with Crippen LogP contribution in [0.2, 0.25) is 0 Å². The van der Waals surface area contributed by atoms with Gasteiger partial charge in [-0.25, -0.2) is 4.98 Å². The third-order valence-electron chi connectivity index (χ3n) is 6.13. The molecular weight excluding hydrogens is 493 g/mol. The van der Waals surface area contributed by atoms with Crippen molar-refractivity contribution in [3.05, 3.63) is 58.9 Å². The molecule has 0 unspecified atom stereocenters. The highest BCUT2D eigenvalue weighted by atomic mass is 32.2. The van der Waals surface area contributed by atoms with Crippen LogP contribution >= 0.6 is 11.8 Å². The van der Waals surface area contributed by atoms with Crippen LogP contribution in [0.1, 0.15) is 32.1 Å². The molecular formula is C25H23F3N4O3S. The van der Waals surface area contributed by atoms with E-state index in [0.717, 1.165) is 60.5 Å². The lowest BCUT2D eigenvalue weighted by atomic mass is 9.95. The van der Waals surface area contributed by atoms with Gasteiger partial charge in [0.25, 0.3) is 5.56 Å². The topological polar surface area (TPSA) is 89.0 Å². The van der Waals surface area contributed by atoms with Crippen molar-refractivity contribution in [2.75, 3.05) is 5.75 Å². The van der Waals surface area contributed by atoms with E-state index in [2.05, 4.69) is 15.0 Å². The van der Waals surface area contributed by atoms with E-state index < -0.39 is 17.7 Å². The molecule has 5 rings (SSSR count). The Bertz CT molecular complexity index is 1460. The van der Waals surface area contributed by atoms with E-state index >= 15 is 0 Å². The second kappa shape index (κ2) is 9.88. The summed E-state index contributed by atoms with van der Waals surface area (Å²) in [6.45, 7) is 0. The molecule has 1 fully saturated rings. The highest BCUT2D eigenvalue weighted by Gasteiger charge is 2.31. The van der Waals surface area contributed by atoms with Gasteiger partial charge in [-0.2, -0.15) is 0 Å². The van der Waals surface area contributed by atoms with E-state index in [1.807, 2.05) is 24.3 Å². The van der Waals surface area contributed by atoms with Gasteiger partial charge in [-0.05, 0) is 43.2 Å². The van der Waals surface area contributed by atoms with Crippen LogP contribution in [0.4, 0.5) is 13.2 Å². The summed E-state index contributed by atoms with van der Waals surface area (Å²) in [6.07, 6.45) is 0.430. The van der Waals surface area contributed by atoms with Crippen molar-refractivity contribution in [2.45, 2.75) is 49.7 Å². The minimum absolute atomic E-state index is 0.0477. The number of carbonyl (C=O) groups excluding carboxylic acids is 1. The summed E-state index contributed by atoms with van der Waals surface area (Å²) in [5, 5.41) is 4.08. The summed E-state index contributed by atoms with van der Waals surface area (Å²) < 4.78 is 43.0. The van der Waals surface area contributed by atoms with Crippen LogP contribution in [-0.2, 0) is 4.79 Å². The largest absolute Gasteiger partial charge is 0.573 e. The molecule has 1 aliphatic rings. The first-order valence-electron chi connectivity index (χ1n) is 11.6. The number of nitrogens with zero attached hydrogens (tertiary/aromatic N) is 2. The minimum atomic E-state index is -4.82. The number of hydrogen-bond donors (Lipinski definition) is 2. The number of hydrogen-bond acceptors (Lipinski definition) is 5. The lowest BCUT2D eigenvalue weighted by Gasteiger charge is -2.22. The van der Waals surface area contributed by atoms with Gasteiger partial charge < -0.3 is 15.0 Å². The van der Waals surface area contributed by atoms with Crippen LogP contribution in [0, 0.1) is 0 Å². The van der Waals surface area contributed by atoms with E-state index in [9.17, 15) is 22.8 Å². The molecule has 1 amide bonds. The lowest BCUT2D eigenvalue weighted by molar-refractivity contribution is -0.274. The number of para-hydroxylation sites is 1. The zero-order chi connectivity index (χ0) is 25.3. The van der Waals surface area contributed by atoms with Gasteiger partial charge in [0, 0.05) is 16.9 Å². The number of rotatable bonds is 6. The SMILES string of the molecule is O=C(CSc1nc2c([nH]c3ccccc32)c(=O)n1-c1ccc(OC(F)(F)F)cc1)NC1CCCCC1. The Morgan fingerprint density at radius 1 is 1.11 bits per heavy atom. The summed E-state index contributed by atoms with van der Waals surface area (Å²) in [4.78, 5) is 34.0. The van der Waals surface area contributed by atoms with E-state index in [-0.39, 0.29) is 28.4 Å². The zero-order valence-electron chi connectivity index (χ0n) is 19.1. The molecule has 0 spiro atoms. The molecule has 0 aliphatic heterocycles. The number of carbonyl (C=O) groups is 1. The Kier molecular flexibility index (Phi) is 6.65. The zero-order valence-corrected chi connectivity index (χ0v) is 19.9. The first-order valence-corrected chi connectivity index (χ1v) is 12.6. The van der Waals surface area contributed by atoms with Crippen molar-refractivity contribution in [3.63, 3.8) is 0 Å². The van der Waals surface area contributed by atoms with E-state index in [1.54, 1.807) is 0 Å². The van der Waals surface area contributed by atoms with E-state index in [4.69, 9.17) is 4.98 Å². The Balaban J connectivity index is 1.51. The lowest BCUT2D eigenvalue weighted by Crippen LogP contribution is -2.37. The number of aromatic nitrogens is 3. The molecule has 2 N–H and O–H groups in total. The Hall–Kier alpha value is -3.47. The number of ether oxygens (including phenoxy) is 1. The molecule has 1 aliphatic carbocycles. The maximum atomic E-state index is 13.6. The summed E-state index contributed by atoms with van der Waals surface area (Å²) >= 11 is 1.11. The second-order valence-electron chi connectivity index (χ2n) is 8.66. The van der Waals surface area contributed by atoms with E-state index in [0.29, 0.717) is 11.2 Å². The third-order valence-corrected chi connectivity index (χ3v) is 7.06. The number of H-pyrrole nitrogens is 1. The van der Waals surface area contributed by atoms with Crippen molar-refractivity contribution in [3.8, 4) is 11.4 Å². The smallest absolute Gasteiger partial charge is 0.406 e. The standard InChI is InChI=1S/C25H23F3N4O3S/c26-25(27,28)35-17-12-10-16(11-13-17)32-23(34)22-21(18-8-4-5-9-19(18)30-22)31-24(32)36-14-20(33)29-15-6-2-1-3-7-15/h4-5,8-13,15,30H,1-3,6-7,14H2,(H,29,33). The van der Waals surface area contributed by atoms with Crippen molar-refractivity contribution in [1.82, 2.24) is 19.9 Å². The van der Waals surface area contributed by atoms with Crippen molar-refractivity contribution >= 4 is 39.6 Å². The van der Waals surface area contributed by atoms with Crippen LogP contribution in [0.5, 0.6) is 5.75 Å². The van der Waals surface area contributed by atoms with Crippen LogP contribution in [0.15, 0.2) is 58.5 Å². The first kappa shape index (κ1) is 24.2. The summed E-state index contributed by atoms with van der Waals surface area (Å²) in [7, 11) is 0. The fraction of sp³-hybridized carbons (Fsp3) is 0.320. The highest BCUT2D eigenvalue weighted by molar-refractivity contribution is 7.99. The van der Waals surface area contributed by atoms with Gasteiger partial charge in [0.15, 0.2) is 5.16 Å². The average Bonchev–Trinajstić information content (AvgIpc) is 3.22. The van der Waals surface area contributed by atoms with E-state index in [1.165, 1.54) is 23.1 Å². The minimum Gasteiger partial charge on any atom is -0.406 e. The maximum absolute atomic E-state index is 13.6. The molecule has 0 bridgehead atoms. The Morgan fingerprint density at radius 3 is 2.56 bits per heavy atom. The summed E-state index contributed by atoms with van der Waals surface area (Å²) in [6, 6.07) is 12.5. The highest BCUT2D eigenvalue weighted by Crippen LogP contribution is 2.28. The van der Waals surface area contributed by atoms with Crippen LogP contribution in [0.3, 0.4) is 0 Å². The molecule has 7 nitrogen and oxygen atoms in total. The van der Waals surface area contributed by atoms with Crippen LogP contribution in [-0.4, -0.2) is 38.6 Å². The molecule has 4 aromatic rings. The number of benzene rings is 2. The normalized spacial score (nSPS) is 14.9. The molecule has 0 atom stereocenters. The number of amides is 1. The van der Waals surface area contributed by atoms with Gasteiger partial charge in [-0.15, -0.1) is 13.2 Å². The number of thioether (sulfide) groups is 1. The van der Waals surface area contributed by atoms with Gasteiger partial charge >= 0.3 is 6.36 Å². The van der Waals surface area contributed by atoms with Gasteiger partial charge in [0.1, 0.15) is 16.8 Å². The predicted molar refractivity (Wildman–Crippen MR) is 132 cm³/mol. The van der Waals surface area contributed by atoms with Gasteiger partial charge in [0.05, 0.1) is 11.4 Å². The number of alkyl halides is 3. The Labute approximate surface area is 208 Å². The van der Waals surface area contributed by atoms with Crippen molar-refractivity contribution in [1.29, 1.82) is 0 Å². The summed E-state index contributed by atoms with van der Waals surface area (Å²) in [5.74, 6) is -0.507. The fourth-order valence-corrected chi connectivity index (χ4v) is 5.33. The molecule has 36 heavy (non-hydrogen) atoms. The third kappa shape index (κ3) is 5.20. The van der Waals surface area contributed by atoms with Gasteiger partial charge in [-0.3, -0.25) is 14.2 Å². The quantitative estimate of drug-likeness (QED) is 0.268. The molecule has 2 heterocycles. The van der Waals surface area contributed by atoms with Crippen LogP contribution in [0.25, 0.3) is 27.6 Å². The van der Waals surface area contributed by atoms with Gasteiger partial charge in [0.2, 0.25) is 5.91 Å². The fourth-order valence-electron chi connectivity index (χ4n) is 4.51. The Morgan fingerprint density at radius 2 is 1.83 bits per heavy atom. The second-order valence-corrected chi connectivity index (χ2v) is 9.60. The number of nitrogens with one attached hydrogen (secondary N) is 2.